The van der Waals surface area contributed by atoms with E-state index in [1.807, 2.05) is 36.4 Å². The largest absolute Gasteiger partial charge is 0.453 e. The average molecular weight is 499 g/mol. The van der Waals surface area contributed by atoms with Crippen LogP contribution in [-0.2, 0) is 9.36 Å². The lowest BCUT2D eigenvalue weighted by atomic mass is 9.84. The van der Waals surface area contributed by atoms with Crippen molar-refractivity contribution >= 4 is 13.5 Å². The number of carbonyl (C=O) groups is 1. The first-order valence-corrected chi connectivity index (χ1v) is 14.8. The number of benzene rings is 2. The Hall–Kier alpha value is -2.30. The van der Waals surface area contributed by atoms with Gasteiger partial charge in [0.1, 0.15) is 11.5 Å². The minimum absolute atomic E-state index is 0.00663. The molecule has 3 N–H and O–H groups in total. The summed E-state index contributed by atoms with van der Waals surface area (Å²) in [5, 5.41) is 3.08. The summed E-state index contributed by atoms with van der Waals surface area (Å²) in [5.41, 5.74) is 6.39. The molecule has 0 spiro atoms. The van der Waals surface area contributed by atoms with Gasteiger partial charge in [-0.05, 0) is 55.4 Å². The molecular weight excluding hydrogens is 459 g/mol. The average Bonchev–Trinajstić information content (AvgIpc) is 2.89. The normalized spacial score (nSPS) is 19.5. The molecule has 2 aromatic rings. The Morgan fingerprint density at radius 2 is 1.31 bits per heavy atom. The zero-order valence-corrected chi connectivity index (χ0v) is 21.4. The predicted molar refractivity (Wildman–Crippen MR) is 139 cm³/mol. The van der Waals surface area contributed by atoms with E-state index in [2.05, 4.69) is 5.32 Å². The molecule has 2 aliphatic carbocycles. The van der Waals surface area contributed by atoms with Gasteiger partial charge in [-0.2, -0.15) is 0 Å². The van der Waals surface area contributed by atoms with Gasteiger partial charge in [0.05, 0.1) is 6.04 Å². The van der Waals surface area contributed by atoms with E-state index >= 15 is 0 Å². The molecule has 0 bridgehead atoms. The summed E-state index contributed by atoms with van der Waals surface area (Å²) >= 11 is 0. The molecule has 6 nitrogen and oxygen atoms in total. The number of amides is 1. The second kappa shape index (κ2) is 12.6. The van der Waals surface area contributed by atoms with E-state index in [4.69, 9.17) is 14.8 Å². The topological polar surface area (TPSA) is 90.7 Å². The zero-order valence-electron chi connectivity index (χ0n) is 20.5. The van der Waals surface area contributed by atoms with Gasteiger partial charge in [0.15, 0.2) is 5.78 Å². The van der Waals surface area contributed by atoms with Crippen molar-refractivity contribution in [3.8, 4) is 11.5 Å². The Balaban J connectivity index is 1.59. The van der Waals surface area contributed by atoms with E-state index in [1.165, 1.54) is 19.3 Å². The lowest BCUT2D eigenvalue weighted by Crippen LogP contribution is -2.50. The molecule has 35 heavy (non-hydrogen) atoms. The van der Waals surface area contributed by atoms with E-state index in [0.29, 0.717) is 23.8 Å². The summed E-state index contributed by atoms with van der Waals surface area (Å²) < 4.78 is 26.9. The van der Waals surface area contributed by atoms with Crippen LogP contribution >= 0.6 is 7.60 Å². The summed E-state index contributed by atoms with van der Waals surface area (Å²) in [5.74, 6) is 0.341. The van der Waals surface area contributed by atoms with Crippen LogP contribution in [0.1, 0.15) is 70.6 Å². The first-order valence-electron chi connectivity index (χ1n) is 13.2. The minimum Gasteiger partial charge on any atom is -0.415 e. The minimum atomic E-state index is -3.87. The van der Waals surface area contributed by atoms with Crippen molar-refractivity contribution in [2.24, 2.45) is 17.6 Å². The summed E-state index contributed by atoms with van der Waals surface area (Å²) in [6, 6.07) is 17.5. The third kappa shape index (κ3) is 7.35. The quantitative estimate of drug-likeness (QED) is 0.358. The van der Waals surface area contributed by atoms with E-state index in [-0.39, 0.29) is 11.8 Å². The monoisotopic (exact) mass is 498 g/mol. The first-order chi connectivity index (χ1) is 17.0. The molecule has 2 fully saturated rings. The molecular formula is C28H39N2O4P. The highest BCUT2D eigenvalue weighted by Crippen LogP contribution is 2.56. The third-order valence-corrected chi connectivity index (χ3v) is 9.49. The van der Waals surface area contributed by atoms with Crippen LogP contribution in [0.4, 0.5) is 0 Å². The van der Waals surface area contributed by atoms with Crippen molar-refractivity contribution in [1.29, 1.82) is 0 Å². The van der Waals surface area contributed by atoms with Crippen molar-refractivity contribution in [2.45, 2.75) is 82.5 Å². The molecule has 1 unspecified atom stereocenters. The summed E-state index contributed by atoms with van der Waals surface area (Å²) in [7, 11) is -3.87. The number of carbonyl (C=O) groups excluding carboxylic acids is 1. The van der Waals surface area contributed by atoms with E-state index < -0.39 is 19.4 Å². The predicted octanol–water partition coefficient (Wildman–Crippen LogP) is 6.66. The molecule has 0 heterocycles. The van der Waals surface area contributed by atoms with Gasteiger partial charge in [0.2, 0.25) is 5.91 Å². The highest BCUT2D eigenvalue weighted by molar-refractivity contribution is 7.55. The highest BCUT2D eigenvalue weighted by Gasteiger charge is 2.46. The van der Waals surface area contributed by atoms with Gasteiger partial charge in [0.25, 0.3) is 0 Å². The first kappa shape index (κ1) is 25.8. The number of hydrogen-bond donors (Lipinski definition) is 2. The SMILES string of the molecule is N[C@@H](CC1CCCCC1)C(=O)NC(C1CCCCC1)P(=O)(Oc1ccccc1)Oc1ccccc1. The molecule has 190 valence electrons. The Morgan fingerprint density at radius 3 is 1.83 bits per heavy atom. The number of para-hydroxylation sites is 2. The van der Waals surface area contributed by atoms with Crippen molar-refractivity contribution < 1.29 is 18.4 Å². The van der Waals surface area contributed by atoms with Crippen LogP contribution in [0, 0.1) is 11.8 Å². The fourth-order valence-electron chi connectivity index (χ4n) is 5.44. The van der Waals surface area contributed by atoms with Gasteiger partial charge in [-0.15, -0.1) is 0 Å². The van der Waals surface area contributed by atoms with Crippen LogP contribution in [0.3, 0.4) is 0 Å². The molecule has 1 amide bonds. The van der Waals surface area contributed by atoms with Gasteiger partial charge < -0.3 is 20.1 Å². The molecule has 2 atom stereocenters. The van der Waals surface area contributed by atoms with Gasteiger partial charge in [-0.25, -0.2) is 4.57 Å². The third-order valence-electron chi connectivity index (χ3n) is 7.33. The molecule has 4 rings (SSSR count). The van der Waals surface area contributed by atoms with Crippen molar-refractivity contribution in [3.63, 3.8) is 0 Å². The van der Waals surface area contributed by atoms with Crippen LogP contribution in [0.2, 0.25) is 0 Å². The maximum atomic E-state index is 14.6. The second-order valence-electron chi connectivity index (χ2n) is 10.0. The van der Waals surface area contributed by atoms with Crippen LogP contribution in [0.25, 0.3) is 0 Å². The summed E-state index contributed by atoms with van der Waals surface area (Å²) in [4.78, 5) is 13.4. The molecule has 0 radical (unpaired) electrons. The maximum Gasteiger partial charge on any atom is 0.453 e. The van der Waals surface area contributed by atoms with Crippen LogP contribution in [0.15, 0.2) is 60.7 Å². The van der Waals surface area contributed by atoms with E-state index in [1.54, 1.807) is 24.3 Å². The van der Waals surface area contributed by atoms with E-state index in [0.717, 1.165) is 44.9 Å². The van der Waals surface area contributed by atoms with Crippen LogP contribution in [-0.4, -0.2) is 17.7 Å². The van der Waals surface area contributed by atoms with Gasteiger partial charge >= 0.3 is 7.60 Å². The van der Waals surface area contributed by atoms with Crippen molar-refractivity contribution in [2.75, 3.05) is 0 Å². The van der Waals surface area contributed by atoms with Crippen molar-refractivity contribution in [1.82, 2.24) is 5.32 Å². The number of hydrogen-bond acceptors (Lipinski definition) is 5. The Bertz CT molecular complexity index is 914. The molecule has 7 heteroatoms. The number of nitrogens with two attached hydrogens (primary N) is 1. The lowest BCUT2D eigenvalue weighted by Gasteiger charge is -2.36. The zero-order chi connectivity index (χ0) is 24.5. The van der Waals surface area contributed by atoms with Gasteiger partial charge in [-0.1, -0.05) is 87.8 Å². The molecule has 2 aromatic carbocycles. The van der Waals surface area contributed by atoms with Crippen LogP contribution < -0.4 is 20.1 Å². The smallest absolute Gasteiger partial charge is 0.415 e. The molecule has 0 saturated heterocycles. The fraction of sp³-hybridized carbons (Fsp3) is 0.536. The highest BCUT2D eigenvalue weighted by atomic mass is 31.2. The molecule has 2 saturated carbocycles. The standard InChI is InChI=1S/C28H39N2O4P/c29-26(21-22-13-5-1-6-14-22)27(31)30-28(23-15-7-2-8-16-23)35(32,33-24-17-9-3-10-18-24)34-25-19-11-4-12-20-25/h3-4,9-12,17-20,22-23,26,28H,1-2,5-8,13-16,21,29H2,(H,30,31)/t26-,28?/m0/s1. The lowest BCUT2D eigenvalue weighted by molar-refractivity contribution is -0.123. The molecule has 0 aliphatic heterocycles. The molecule has 2 aliphatic rings. The van der Waals surface area contributed by atoms with Gasteiger partial charge in [-0.3, -0.25) is 4.79 Å². The second-order valence-corrected chi connectivity index (χ2v) is 12.0. The van der Waals surface area contributed by atoms with Crippen molar-refractivity contribution in [3.05, 3.63) is 60.7 Å². The summed E-state index contributed by atoms with van der Waals surface area (Å²) in [6.45, 7) is 0. The Morgan fingerprint density at radius 1 is 0.829 bits per heavy atom. The van der Waals surface area contributed by atoms with Gasteiger partial charge in [0, 0.05) is 0 Å². The molecule has 0 aromatic heterocycles. The van der Waals surface area contributed by atoms with E-state index in [9.17, 15) is 9.36 Å². The maximum absolute atomic E-state index is 14.6. The number of nitrogens with one attached hydrogen (secondary N) is 1. The fourth-order valence-corrected chi connectivity index (χ4v) is 7.63. The Kier molecular flexibility index (Phi) is 9.28. The Labute approximate surface area is 209 Å². The summed E-state index contributed by atoms with van der Waals surface area (Å²) in [6.07, 6.45) is 11.5. The number of rotatable bonds is 10. The van der Waals surface area contributed by atoms with Crippen LogP contribution in [0.5, 0.6) is 11.5 Å².